The summed E-state index contributed by atoms with van der Waals surface area (Å²) < 4.78 is 15.8. The van der Waals surface area contributed by atoms with E-state index in [2.05, 4.69) is 24.1 Å². The average Bonchev–Trinajstić information content (AvgIpc) is 3.00. The third-order valence-electron chi connectivity index (χ3n) is 4.40. The van der Waals surface area contributed by atoms with Crippen LogP contribution in [0, 0.1) is 18.7 Å². The molecule has 0 unspecified atom stereocenters. The van der Waals surface area contributed by atoms with Crippen molar-refractivity contribution in [1.29, 1.82) is 0 Å². The van der Waals surface area contributed by atoms with Gasteiger partial charge in [0.15, 0.2) is 0 Å². The number of aromatic nitrogens is 2. The van der Waals surface area contributed by atoms with E-state index in [1.54, 1.807) is 12.3 Å². The van der Waals surface area contributed by atoms with Gasteiger partial charge in [-0.1, -0.05) is 26.0 Å². The molecule has 26 heavy (non-hydrogen) atoms. The molecule has 1 aromatic carbocycles. The molecule has 2 heterocycles. The molecule has 3 rings (SSSR count). The second-order valence-corrected chi connectivity index (χ2v) is 7.12. The summed E-state index contributed by atoms with van der Waals surface area (Å²) in [5.74, 6) is -0.240. The molecule has 0 bridgehead atoms. The molecule has 2 aromatic heterocycles. The number of amides is 1. The van der Waals surface area contributed by atoms with Gasteiger partial charge in [-0.3, -0.25) is 4.79 Å². The van der Waals surface area contributed by atoms with Gasteiger partial charge >= 0.3 is 0 Å². The van der Waals surface area contributed by atoms with Gasteiger partial charge in [0.2, 0.25) is 5.91 Å². The Morgan fingerprint density at radius 1 is 1.27 bits per heavy atom. The number of carbonyl (C=O) groups excluding carboxylic acids is 1. The molecule has 0 fully saturated rings. The van der Waals surface area contributed by atoms with E-state index in [4.69, 9.17) is 0 Å². The van der Waals surface area contributed by atoms with Crippen LogP contribution in [-0.2, 0) is 4.79 Å². The van der Waals surface area contributed by atoms with Crippen LogP contribution in [0.3, 0.4) is 0 Å². The first-order chi connectivity index (χ1) is 12.4. The number of rotatable bonds is 6. The summed E-state index contributed by atoms with van der Waals surface area (Å²) in [5.41, 5.74) is 3.59. The van der Waals surface area contributed by atoms with Crippen LogP contribution in [0.25, 0.3) is 5.65 Å². The van der Waals surface area contributed by atoms with Crippen molar-refractivity contribution in [2.75, 3.05) is 6.54 Å². The van der Waals surface area contributed by atoms with Gasteiger partial charge in [-0.15, -0.1) is 0 Å². The van der Waals surface area contributed by atoms with Gasteiger partial charge in [0, 0.05) is 31.3 Å². The fourth-order valence-electron chi connectivity index (χ4n) is 3.05. The maximum atomic E-state index is 13.8. The van der Waals surface area contributed by atoms with Gasteiger partial charge in [-0.25, -0.2) is 9.37 Å². The van der Waals surface area contributed by atoms with Gasteiger partial charge in [-0.2, -0.15) is 0 Å². The predicted molar refractivity (Wildman–Crippen MR) is 101 cm³/mol. The lowest BCUT2D eigenvalue weighted by Gasteiger charge is -2.18. The van der Waals surface area contributed by atoms with Crippen molar-refractivity contribution in [2.24, 2.45) is 5.92 Å². The number of aryl methyl sites for hydroxylation is 1. The van der Waals surface area contributed by atoms with Gasteiger partial charge in [-0.05, 0) is 48.2 Å². The SMILES string of the molecule is Cc1ccn2c([C@@H](CC(=O)NCC(C)C)c3cccc(F)c3)cnc2c1. The number of nitrogens with zero attached hydrogens (tertiary/aromatic N) is 2. The van der Waals surface area contributed by atoms with Crippen LogP contribution in [0.15, 0.2) is 48.8 Å². The maximum absolute atomic E-state index is 13.8. The number of fused-ring (bicyclic) bond motifs is 1. The minimum absolute atomic E-state index is 0.0463. The van der Waals surface area contributed by atoms with Gasteiger partial charge in [0.1, 0.15) is 11.5 Å². The molecule has 3 aromatic rings. The molecule has 0 radical (unpaired) electrons. The van der Waals surface area contributed by atoms with Crippen molar-refractivity contribution in [3.05, 3.63) is 71.4 Å². The summed E-state index contributed by atoms with van der Waals surface area (Å²) in [6.45, 7) is 6.74. The molecule has 0 spiro atoms. The molecule has 0 aliphatic heterocycles. The predicted octanol–water partition coefficient (Wildman–Crippen LogP) is 4.08. The molecular formula is C21H24FN3O. The number of halogens is 1. The second-order valence-electron chi connectivity index (χ2n) is 7.12. The van der Waals surface area contributed by atoms with Crippen molar-refractivity contribution >= 4 is 11.6 Å². The summed E-state index contributed by atoms with van der Waals surface area (Å²) >= 11 is 0. The number of carbonyl (C=O) groups is 1. The highest BCUT2D eigenvalue weighted by molar-refractivity contribution is 5.77. The highest BCUT2D eigenvalue weighted by Crippen LogP contribution is 2.29. The molecule has 0 saturated heterocycles. The Hall–Kier alpha value is -2.69. The summed E-state index contributed by atoms with van der Waals surface area (Å²) in [7, 11) is 0. The second kappa shape index (κ2) is 7.68. The third-order valence-corrected chi connectivity index (χ3v) is 4.40. The number of pyridine rings is 1. The van der Waals surface area contributed by atoms with E-state index in [0.717, 1.165) is 22.5 Å². The molecule has 136 valence electrons. The van der Waals surface area contributed by atoms with E-state index < -0.39 is 0 Å². The van der Waals surface area contributed by atoms with Crippen LogP contribution >= 0.6 is 0 Å². The summed E-state index contributed by atoms with van der Waals surface area (Å²) in [4.78, 5) is 16.9. The minimum Gasteiger partial charge on any atom is -0.356 e. The van der Waals surface area contributed by atoms with Crippen LogP contribution in [-0.4, -0.2) is 21.8 Å². The van der Waals surface area contributed by atoms with Crippen LogP contribution in [0.2, 0.25) is 0 Å². The Morgan fingerprint density at radius 2 is 2.08 bits per heavy atom. The van der Waals surface area contributed by atoms with E-state index >= 15 is 0 Å². The Labute approximate surface area is 153 Å². The quantitative estimate of drug-likeness (QED) is 0.726. The van der Waals surface area contributed by atoms with Gasteiger partial charge < -0.3 is 9.72 Å². The van der Waals surface area contributed by atoms with E-state index in [0.29, 0.717) is 12.5 Å². The van der Waals surface area contributed by atoms with Crippen LogP contribution in [0.4, 0.5) is 4.39 Å². The fourth-order valence-corrected chi connectivity index (χ4v) is 3.05. The summed E-state index contributed by atoms with van der Waals surface area (Å²) in [5, 5.41) is 2.95. The Balaban J connectivity index is 1.98. The number of hydrogen-bond donors (Lipinski definition) is 1. The first kappa shape index (κ1) is 18.1. The largest absolute Gasteiger partial charge is 0.356 e. The molecule has 0 aliphatic carbocycles. The molecule has 5 heteroatoms. The first-order valence-electron chi connectivity index (χ1n) is 8.90. The Bertz CT molecular complexity index is 917. The number of hydrogen-bond acceptors (Lipinski definition) is 2. The minimum atomic E-state index is -0.306. The van der Waals surface area contributed by atoms with E-state index in [1.165, 1.54) is 12.1 Å². The van der Waals surface area contributed by atoms with Crippen LogP contribution in [0.1, 0.15) is 43.0 Å². The normalized spacial score (nSPS) is 12.5. The summed E-state index contributed by atoms with van der Waals surface area (Å²) in [6.07, 6.45) is 3.98. The van der Waals surface area contributed by atoms with Gasteiger partial charge in [0.25, 0.3) is 0 Å². The smallest absolute Gasteiger partial charge is 0.221 e. The van der Waals surface area contributed by atoms with Gasteiger partial charge in [0.05, 0.1) is 5.69 Å². The number of imidazole rings is 1. The lowest BCUT2D eigenvalue weighted by Crippen LogP contribution is -2.29. The number of benzene rings is 1. The lowest BCUT2D eigenvalue weighted by molar-refractivity contribution is -0.121. The first-order valence-corrected chi connectivity index (χ1v) is 8.90. The zero-order valence-corrected chi connectivity index (χ0v) is 15.4. The zero-order valence-electron chi connectivity index (χ0n) is 15.4. The van der Waals surface area contributed by atoms with E-state index in [9.17, 15) is 9.18 Å². The highest BCUT2D eigenvalue weighted by Gasteiger charge is 2.22. The van der Waals surface area contributed by atoms with Crippen LogP contribution < -0.4 is 5.32 Å². The third kappa shape index (κ3) is 4.10. The zero-order chi connectivity index (χ0) is 18.7. The number of nitrogens with one attached hydrogen (secondary N) is 1. The average molecular weight is 353 g/mol. The Kier molecular flexibility index (Phi) is 5.35. The van der Waals surface area contributed by atoms with E-state index in [-0.39, 0.29) is 24.1 Å². The highest BCUT2D eigenvalue weighted by atomic mass is 19.1. The molecule has 0 saturated carbocycles. The van der Waals surface area contributed by atoms with Crippen LogP contribution in [0.5, 0.6) is 0 Å². The van der Waals surface area contributed by atoms with Crippen molar-refractivity contribution in [1.82, 2.24) is 14.7 Å². The van der Waals surface area contributed by atoms with E-state index in [1.807, 2.05) is 35.7 Å². The maximum Gasteiger partial charge on any atom is 0.221 e. The van der Waals surface area contributed by atoms with Crippen molar-refractivity contribution < 1.29 is 9.18 Å². The van der Waals surface area contributed by atoms with Crippen molar-refractivity contribution in [2.45, 2.75) is 33.1 Å². The molecule has 1 amide bonds. The molecular weight excluding hydrogens is 329 g/mol. The fraction of sp³-hybridized carbons (Fsp3) is 0.333. The molecule has 1 N–H and O–H groups in total. The lowest BCUT2D eigenvalue weighted by atomic mass is 9.92. The topological polar surface area (TPSA) is 46.4 Å². The monoisotopic (exact) mass is 353 g/mol. The Morgan fingerprint density at radius 3 is 2.81 bits per heavy atom. The van der Waals surface area contributed by atoms with Crippen molar-refractivity contribution in [3.63, 3.8) is 0 Å². The summed E-state index contributed by atoms with van der Waals surface area (Å²) in [6, 6.07) is 10.4. The van der Waals surface area contributed by atoms with Crippen molar-refractivity contribution in [3.8, 4) is 0 Å². The molecule has 4 nitrogen and oxygen atoms in total. The molecule has 1 atom stereocenters. The molecule has 0 aliphatic rings. The standard InChI is InChI=1S/C21H24FN3O/c1-14(2)12-24-21(26)11-18(16-5-4-6-17(22)10-16)19-13-23-20-9-15(3)7-8-25(19)20/h4-10,13-14,18H,11-12H2,1-3H3,(H,24,26)/t18-/m0/s1.